The average Bonchev–Trinajstić information content (AvgIpc) is 3.17. The van der Waals surface area contributed by atoms with Crippen molar-refractivity contribution in [2.75, 3.05) is 10.6 Å². The van der Waals surface area contributed by atoms with Gasteiger partial charge in [-0.25, -0.2) is 4.98 Å². The molecule has 2 amide bonds. The summed E-state index contributed by atoms with van der Waals surface area (Å²) in [6, 6.07) is 20.3. The molecule has 0 aliphatic carbocycles. The molecule has 0 bridgehead atoms. The van der Waals surface area contributed by atoms with Crippen molar-refractivity contribution >= 4 is 55.8 Å². The van der Waals surface area contributed by atoms with Crippen molar-refractivity contribution in [3.05, 3.63) is 88.4 Å². The number of thiazole rings is 1. The summed E-state index contributed by atoms with van der Waals surface area (Å²) in [6.07, 6.45) is 0. The highest BCUT2D eigenvalue weighted by Crippen LogP contribution is 2.29. The number of fused-ring (bicyclic) bond motifs is 1. The van der Waals surface area contributed by atoms with Crippen LogP contribution in [0, 0.1) is 6.92 Å². The van der Waals surface area contributed by atoms with Crippen LogP contribution in [0.3, 0.4) is 0 Å². The van der Waals surface area contributed by atoms with Gasteiger partial charge >= 0.3 is 0 Å². The smallest absolute Gasteiger partial charge is 0.255 e. The molecule has 0 saturated carbocycles. The van der Waals surface area contributed by atoms with E-state index >= 15 is 0 Å². The molecule has 7 heteroatoms. The van der Waals surface area contributed by atoms with Gasteiger partial charge in [-0.2, -0.15) is 0 Å². The van der Waals surface area contributed by atoms with E-state index in [0.717, 1.165) is 21.3 Å². The van der Waals surface area contributed by atoms with Crippen LogP contribution < -0.4 is 10.6 Å². The van der Waals surface area contributed by atoms with Crippen LogP contribution in [0.5, 0.6) is 0 Å². The molecule has 1 atom stereocenters. The maximum absolute atomic E-state index is 12.7. The first kappa shape index (κ1) is 21.0. The van der Waals surface area contributed by atoms with Crippen molar-refractivity contribution in [3.8, 4) is 0 Å². The minimum absolute atomic E-state index is 0.127. The average molecular weight is 450 g/mol. The lowest BCUT2D eigenvalue weighted by Gasteiger charge is -2.10. The number of hydrogen-bond acceptors (Lipinski definition) is 4. The van der Waals surface area contributed by atoms with Gasteiger partial charge in [-0.1, -0.05) is 65.4 Å². The third-order valence-electron chi connectivity index (χ3n) is 5.03. The van der Waals surface area contributed by atoms with Crippen molar-refractivity contribution < 1.29 is 9.59 Å². The third-order valence-corrected chi connectivity index (χ3v) is 6.28. The fourth-order valence-electron chi connectivity index (χ4n) is 3.20. The van der Waals surface area contributed by atoms with Crippen molar-refractivity contribution in [3.63, 3.8) is 0 Å². The van der Waals surface area contributed by atoms with Gasteiger partial charge < -0.3 is 10.6 Å². The van der Waals surface area contributed by atoms with Gasteiger partial charge in [-0.05, 0) is 49.2 Å². The van der Waals surface area contributed by atoms with Crippen LogP contribution in [0.1, 0.15) is 34.3 Å². The zero-order valence-corrected chi connectivity index (χ0v) is 18.6. The number of benzene rings is 3. The molecule has 0 saturated heterocycles. The highest BCUT2D eigenvalue weighted by Gasteiger charge is 2.17. The molecule has 2 N–H and O–H groups in total. The number of halogens is 1. The summed E-state index contributed by atoms with van der Waals surface area (Å²) in [5.41, 5.74) is 3.64. The van der Waals surface area contributed by atoms with E-state index in [0.29, 0.717) is 21.4 Å². The molecule has 1 unspecified atom stereocenters. The molecule has 0 spiro atoms. The molecule has 5 nitrogen and oxygen atoms in total. The first-order valence-electron chi connectivity index (χ1n) is 9.75. The molecular formula is C24H20ClN3O2S. The molecule has 0 aliphatic rings. The van der Waals surface area contributed by atoms with Crippen molar-refractivity contribution in [2.45, 2.75) is 19.8 Å². The Balaban J connectivity index is 1.52. The number of aromatic nitrogens is 1. The van der Waals surface area contributed by atoms with E-state index in [4.69, 9.17) is 11.6 Å². The minimum atomic E-state index is -0.298. The summed E-state index contributed by atoms with van der Waals surface area (Å²) in [7, 11) is 0. The number of nitrogens with one attached hydrogen (secondary N) is 2. The van der Waals surface area contributed by atoms with E-state index in [2.05, 4.69) is 15.6 Å². The molecule has 0 fully saturated rings. The lowest BCUT2D eigenvalue weighted by Crippen LogP contribution is -2.18. The number of anilines is 2. The number of carbonyl (C=O) groups excluding carboxylic acids is 2. The lowest BCUT2D eigenvalue weighted by atomic mass is 10.0. The normalized spacial score (nSPS) is 11.8. The SMILES string of the molecule is Cc1cccc(Cl)c1NC(=O)c1ccc2nc(NC(=O)C(C)c3ccccc3)sc2c1. The Hall–Kier alpha value is -3.22. The first-order chi connectivity index (χ1) is 14.9. The minimum Gasteiger partial charge on any atom is -0.320 e. The van der Waals surface area contributed by atoms with Gasteiger partial charge in [0.25, 0.3) is 5.91 Å². The van der Waals surface area contributed by atoms with Gasteiger partial charge in [0.05, 0.1) is 26.8 Å². The Bertz CT molecular complexity index is 1250. The van der Waals surface area contributed by atoms with E-state index in [9.17, 15) is 9.59 Å². The van der Waals surface area contributed by atoms with Gasteiger partial charge in [0.1, 0.15) is 0 Å². The standard InChI is InChI=1S/C24H20ClN3O2S/c1-14-7-6-10-18(25)21(14)27-23(30)17-11-12-19-20(13-17)31-24(26-19)28-22(29)15(2)16-8-4-3-5-9-16/h3-13,15H,1-2H3,(H,27,30)(H,26,28,29). The molecule has 1 heterocycles. The second kappa shape index (κ2) is 8.88. The zero-order valence-electron chi connectivity index (χ0n) is 17.0. The molecule has 31 heavy (non-hydrogen) atoms. The summed E-state index contributed by atoms with van der Waals surface area (Å²) in [5, 5.41) is 6.75. The molecule has 156 valence electrons. The van der Waals surface area contributed by atoms with Gasteiger partial charge in [0, 0.05) is 5.56 Å². The number of amides is 2. The quantitative estimate of drug-likeness (QED) is 0.378. The summed E-state index contributed by atoms with van der Waals surface area (Å²) in [6.45, 7) is 3.75. The van der Waals surface area contributed by atoms with Crippen LogP contribution in [-0.4, -0.2) is 16.8 Å². The fourth-order valence-corrected chi connectivity index (χ4v) is 4.38. The predicted molar refractivity (Wildman–Crippen MR) is 127 cm³/mol. The van der Waals surface area contributed by atoms with Gasteiger partial charge in [0.15, 0.2) is 5.13 Å². The second-order valence-corrected chi connectivity index (χ2v) is 8.65. The molecule has 1 aromatic heterocycles. The number of para-hydroxylation sites is 1. The van der Waals surface area contributed by atoms with E-state index in [-0.39, 0.29) is 17.7 Å². The Morgan fingerprint density at radius 1 is 1.00 bits per heavy atom. The van der Waals surface area contributed by atoms with E-state index in [1.165, 1.54) is 11.3 Å². The Morgan fingerprint density at radius 3 is 2.52 bits per heavy atom. The van der Waals surface area contributed by atoms with Crippen LogP contribution in [0.4, 0.5) is 10.8 Å². The maximum atomic E-state index is 12.7. The van der Waals surface area contributed by atoms with Crippen molar-refractivity contribution in [2.24, 2.45) is 0 Å². The number of aryl methyl sites for hydroxylation is 1. The first-order valence-corrected chi connectivity index (χ1v) is 10.9. The van der Waals surface area contributed by atoms with Crippen LogP contribution >= 0.6 is 22.9 Å². The number of nitrogens with zero attached hydrogens (tertiary/aromatic N) is 1. The molecule has 3 aromatic carbocycles. The number of rotatable bonds is 5. The van der Waals surface area contributed by atoms with E-state index in [1.54, 1.807) is 24.3 Å². The van der Waals surface area contributed by atoms with Crippen LogP contribution in [0.25, 0.3) is 10.2 Å². The number of carbonyl (C=O) groups is 2. The summed E-state index contributed by atoms with van der Waals surface area (Å²) in [4.78, 5) is 29.8. The topological polar surface area (TPSA) is 71.1 Å². The highest BCUT2D eigenvalue weighted by atomic mass is 35.5. The zero-order chi connectivity index (χ0) is 22.0. The summed E-state index contributed by atoms with van der Waals surface area (Å²) < 4.78 is 0.811. The second-order valence-electron chi connectivity index (χ2n) is 7.21. The Kier molecular flexibility index (Phi) is 6.02. The number of hydrogen-bond donors (Lipinski definition) is 2. The van der Waals surface area contributed by atoms with Gasteiger partial charge in [0.2, 0.25) is 5.91 Å². The molecule has 4 rings (SSSR count). The van der Waals surface area contributed by atoms with Crippen LogP contribution in [0.15, 0.2) is 66.7 Å². The Labute approximate surface area is 189 Å². The largest absolute Gasteiger partial charge is 0.320 e. The highest BCUT2D eigenvalue weighted by molar-refractivity contribution is 7.22. The predicted octanol–water partition coefficient (Wildman–Crippen LogP) is 6.25. The Morgan fingerprint density at radius 2 is 1.77 bits per heavy atom. The third kappa shape index (κ3) is 4.60. The van der Waals surface area contributed by atoms with Crippen molar-refractivity contribution in [1.29, 1.82) is 0 Å². The van der Waals surface area contributed by atoms with Gasteiger partial charge in [-0.15, -0.1) is 0 Å². The van der Waals surface area contributed by atoms with Crippen LogP contribution in [0.2, 0.25) is 5.02 Å². The summed E-state index contributed by atoms with van der Waals surface area (Å²) >= 11 is 7.55. The fraction of sp³-hybridized carbons (Fsp3) is 0.125. The van der Waals surface area contributed by atoms with Gasteiger partial charge in [-0.3, -0.25) is 9.59 Å². The maximum Gasteiger partial charge on any atom is 0.255 e. The van der Waals surface area contributed by atoms with Crippen molar-refractivity contribution in [1.82, 2.24) is 4.98 Å². The van der Waals surface area contributed by atoms with E-state index < -0.39 is 0 Å². The van der Waals surface area contributed by atoms with E-state index in [1.807, 2.05) is 56.3 Å². The van der Waals surface area contributed by atoms with Crippen LogP contribution in [-0.2, 0) is 4.79 Å². The monoisotopic (exact) mass is 449 g/mol. The summed E-state index contributed by atoms with van der Waals surface area (Å²) in [5.74, 6) is -0.680. The lowest BCUT2D eigenvalue weighted by molar-refractivity contribution is -0.117. The molecule has 0 aliphatic heterocycles. The molecule has 0 radical (unpaired) electrons. The molecule has 4 aromatic rings. The molecular weight excluding hydrogens is 430 g/mol.